The predicted molar refractivity (Wildman–Crippen MR) is 120 cm³/mol. The lowest BCUT2D eigenvalue weighted by molar-refractivity contribution is -0.136. The number of aromatic nitrogens is 1. The van der Waals surface area contributed by atoms with Gasteiger partial charge in [0.2, 0.25) is 0 Å². The second-order valence-corrected chi connectivity index (χ2v) is 7.93. The number of carboxylic acids is 1. The number of hydrogen-bond acceptors (Lipinski definition) is 7. The van der Waals surface area contributed by atoms with Gasteiger partial charge in [0.05, 0.1) is 12.2 Å². The summed E-state index contributed by atoms with van der Waals surface area (Å²) < 4.78 is 5.96. The summed E-state index contributed by atoms with van der Waals surface area (Å²) in [7, 11) is 0. The molecular formula is C24H27N3O5. The van der Waals surface area contributed by atoms with E-state index in [0.717, 1.165) is 31.3 Å². The van der Waals surface area contributed by atoms with Crippen LogP contribution in [0.3, 0.4) is 0 Å². The third kappa shape index (κ3) is 5.16. The number of nitrogens with zero attached hydrogens (tertiary/aromatic N) is 2. The molecule has 0 saturated carbocycles. The summed E-state index contributed by atoms with van der Waals surface area (Å²) in [4.78, 5) is 17.7. The molecule has 1 aliphatic heterocycles. The molecule has 0 aliphatic carbocycles. The number of piperidine rings is 1. The number of aliphatic hydroxyl groups excluding tert-OH is 1. The number of pyridine rings is 1. The maximum absolute atomic E-state index is 10.9. The third-order valence-corrected chi connectivity index (χ3v) is 5.56. The summed E-state index contributed by atoms with van der Waals surface area (Å²) in [6.45, 7) is 2.02. The van der Waals surface area contributed by atoms with Crippen LogP contribution in [-0.4, -0.2) is 50.8 Å². The molecule has 1 aliphatic rings. The van der Waals surface area contributed by atoms with Crippen molar-refractivity contribution >= 4 is 16.7 Å². The monoisotopic (exact) mass is 437 g/mol. The number of carbonyl (C=O) groups is 1. The van der Waals surface area contributed by atoms with Crippen molar-refractivity contribution in [2.75, 3.05) is 19.6 Å². The van der Waals surface area contributed by atoms with E-state index in [9.17, 15) is 15.0 Å². The van der Waals surface area contributed by atoms with Gasteiger partial charge in [0.1, 0.15) is 22.9 Å². The van der Waals surface area contributed by atoms with E-state index < -0.39 is 18.7 Å². The zero-order valence-corrected chi connectivity index (χ0v) is 17.7. The fourth-order valence-corrected chi connectivity index (χ4v) is 3.97. The molecule has 8 heteroatoms. The number of fused-ring (bicyclic) bond motifs is 1. The summed E-state index contributed by atoms with van der Waals surface area (Å²) in [5.41, 5.74) is 0.715. The smallest absolute Gasteiger partial charge is 0.317 e. The van der Waals surface area contributed by atoms with Crippen LogP contribution >= 0.6 is 0 Å². The second-order valence-electron chi connectivity index (χ2n) is 7.93. The number of para-hydroxylation sites is 1. The minimum atomic E-state index is -1.41. The number of rotatable bonds is 8. The molecule has 1 aromatic heterocycles. The van der Waals surface area contributed by atoms with Crippen molar-refractivity contribution in [2.45, 2.75) is 32.0 Å². The van der Waals surface area contributed by atoms with E-state index in [1.54, 1.807) is 12.1 Å². The van der Waals surface area contributed by atoms with Crippen LogP contribution in [0.2, 0.25) is 0 Å². The Labute approximate surface area is 186 Å². The second kappa shape index (κ2) is 9.95. The molecule has 1 unspecified atom stereocenters. The molecule has 0 bridgehead atoms. The first-order chi connectivity index (χ1) is 15.5. The van der Waals surface area contributed by atoms with Crippen LogP contribution < -0.4 is 10.1 Å². The zero-order valence-electron chi connectivity index (χ0n) is 17.7. The van der Waals surface area contributed by atoms with Gasteiger partial charge in [0.15, 0.2) is 6.23 Å². The minimum absolute atomic E-state index is 0.0162. The summed E-state index contributed by atoms with van der Waals surface area (Å²) in [6.07, 6.45) is 2.04. The van der Waals surface area contributed by atoms with Gasteiger partial charge >= 0.3 is 5.97 Å². The highest BCUT2D eigenvalue weighted by Crippen LogP contribution is 2.36. The molecule has 1 atom stereocenters. The highest BCUT2D eigenvalue weighted by Gasteiger charge is 2.22. The quantitative estimate of drug-likeness (QED) is 0.397. The minimum Gasteiger partial charge on any atom is -0.505 e. The number of hydrogen-bond donors (Lipinski definition) is 4. The summed E-state index contributed by atoms with van der Waals surface area (Å²) in [5, 5.41) is 33.9. The van der Waals surface area contributed by atoms with Crippen molar-refractivity contribution in [3.8, 4) is 17.2 Å². The Balaban J connectivity index is 1.73. The topological polar surface area (TPSA) is 115 Å². The van der Waals surface area contributed by atoms with Gasteiger partial charge < -0.3 is 20.1 Å². The number of aliphatic carboxylic acids is 1. The van der Waals surface area contributed by atoms with Gasteiger partial charge in [-0.25, -0.2) is 4.98 Å². The number of nitrogens with one attached hydrogen (secondary N) is 1. The Hall–Kier alpha value is -3.20. The number of benzene rings is 2. The summed E-state index contributed by atoms with van der Waals surface area (Å²) >= 11 is 0. The highest BCUT2D eigenvalue weighted by molar-refractivity contribution is 5.91. The van der Waals surface area contributed by atoms with Crippen LogP contribution in [-0.2, 0) is 11.3 Å². The van der Waals surface area contributed by atoms with Crippen LogP contribution in [0.1, 0.15) is 36.9 Å². The van der Waals surface area contributed by atoms with Gasteiger partial charge in [-0.2, -0.15) is 0 Å². The van der Waals surface area contributed by atoms with Gasteiger partial charge in [-0.05, 0) is 56.3 Å². The molecular weight excluding hydrogens is 410 g/mol. The molecule has 3 aromatic rings. The number of aliphatic hydroxyl groups is 1. The van der Waals surface area contributed by atoms with E-state index in [-0.39, 0.29) is 11.4 Å². The molecule has 0 radical (unpaired) electrons. The molecule has 1 saturated heterocycles. The van der Waals surface area contributed by atoms with E-state index in [2.05, 4.69) is 15.2 Å². The van der Waals surface area contributed by atoms with Crippen molar-refractivity contribution in [3.05, 3.63) is 59.9 Å². The number of carboxylic acid groups (broad SMARTS) is 1. The van der Waals surface area contributed by atoms with E-state index in [4.69, 9.17) is 9.84 Å². The Morgan fingerprint density at radius 2 is 1.81 bits per heavy atom. The molecule has 0 spiro atoms. The summed E-state index contributed by atoms with van der Waals surface area (Å²) in [5.74, 6) is 0.0215. The van der Waals surface area contributed by atoms with Gasteiger partial charge in [0, 0.05) is 17.3 Å². The number of likely N-dealkylation sites (tertiary alicyclic amines) is 1. The largest absolute Gasteiger partial charge is 0.505 e. The molecule has 2 heterocycles. The van der Waals surface area contributed by atoms with Gasteiger partial charge in [-0.1, -0.05) is 24.6 Å². The van der Waals surface area contributed by atoms with Crippen LogP contribution in [0.15, 0.2) is 48.5 Å². The lowest BCUT2D eigenvalue weighted by atomic mass is 10.0. The van der Waals surface area contributed by atoms with Gasteiger partial charge in [0.25, 0.3) is 0 Å². The first kappa shape index (κ1) is 22.0. The highest BCUT2D eigenvalue weighted by atomic mass is 16.5. The third-order valence-electron chi connectivity index (χ3n) is 5.56. The first-order valence-corrected chi connectivity index (χ1v) is 10.8. The van der Waals surface area contributed by atoms with Crippen LogP contribution in [0, 0.1) is 0 Å². The zero-order chi connectivity index (χ0) is 22.5. The van der Waals surface area contributed by atoms with Crippen LogP contribution in [0.4, 0.5) is 0 Å². The molecule has 32 heavy (non-hydrogen) atoms. The SMILES string of the molecule is O=C(O)CNC(O)c1nc(CN2CCCCC2)c2cc(Oc3ccccc3)ccc2c1O. The van der Waals surface area contributed by atoms with E-state index in [1.165, 1.54) is 6.42 Å². The average Bonchev–Trinajstić information content (AvgIpc) is 2.80. The maximum Gasteiger partial charge on any atom is 0.317 e. The molecule has 168 valence electrons. The van der Waals surface area contributed by atoms with Crippen molar-refractivity contribution < 1.29 is 24.9 Å². The normalized spacial score (nSPS) is 15.5. The Morgan fingerprint density at radius 3 is 2.53 bits per heavy atom. The fraction of sp³-hybridized carbons (Fsp3) is 0.333. The standard InChI is InChI=1S/C24H27N3O5/c28-21(29)14-25-24(31)22-23(30)18-10-9-17(32-16-7-3-1-4-8-16)13-19(18)20(26-22)15-27-11-5-2-6-12-27/h1,3-4,7-10,13,24-25,30-31H,2,5-6,11-12,14-15H2,(H,28,29). The lowest BCUT2D eigenvalue weighted by Gasteiger charge is -2.27. The lowest BCUT2D eigenvalue weighted by Crippen LogP contribution is -2.30. The molecule has 0 amide bonds. The van der Waals surface area contributed by atoms with E-state index in [1.807, 2.05) is 36.4 Å². The van der Waals surface area contributed by atoms with Crippen molar-refractivity contribution in [2.24, 2.45) is 0 Å². The maximum atomic E-state index is 10.9. The number of aromatic hydroxyl groups is 1. The van der Waals surface area contributed by atoms with Gasteiger partial charge in [-0.15, -0.1) is 0 Å². The van der Waals surface area contributed by atoms with Crippen molar-refractivity contribution in [1.29, 1.82) is 0 Å². The number of ether oxygens (including phenoxy) is 1. The first-order valence-electron chi connectivity index (χ1n) is 10.8. The Kier molecular flexibility index (Phi) is 6.84. The molecule has 8 nitrogen and oxygen atoms in total. The van der Waals surface area contributed by atoms with Crippen LogP contribution in [0.25, 0.3) is 10.8 Å². The van der Waals surface area contributed by atoms with E-state index in [0.29, 0.717) is 29.1 Å². The Morgan fingerprint density at radius 1 is 1.06 bits per heavy atom. The van der Waals surface area contributed by atoms with E-state index >= 15 is 0 Å². The predicted octanol–water partition coefficient (Wildman–Crippen LogP) is 3.38. The average molecular weight is 437 g/mol. The molecule has 4 rings (SSSR count). The molecule has 4 N–H and O–H groups in total. The molecule has 1 fully saturated rings. The molecule has 2 aromatic carbocycles. The summed E-state index contributed by atoms with van der Waals surface area (Å²) in [6, 6.07) is 14.8. The van der Waals surface area contributed by atoms with Gasteiger partial charge in [-0.3, -0.25) is 15.0 Å². The van der Waals surface area contributed by atoms with Crippen LogP contribution in [0.5, 0.6) is 17.2 Å². The van der Waals surface area contributed by atoms with Crippen molar-refractivity contribution in [1.82, 2.24) is 15.2 Å². The van der Waals surface area contributed by atoms with Crippen molar-refractivity contribution in [3.63, 3.8) is 0 Å². The Bertz CT molecular complexity index is 1080. The fourth-order valence-electron chi connectivity index (χ4n) is 3.97.